The molecular weight excluding hydrogens is 246 g/mol. The average Bonchev–Trinajstić information content (AvgIpc) is 2.82. The van der Waals surface area contributed by atoms with Gasteiger partial charge in [-0.25, -0.2) is 4.98 Å². The fourth-order valence-electron chi connectivity index (χ4n) is 1.65. The van der Waals surface area contributed by atoms with E-state index >= 15 is 0 Å². The number of aryl methyl sites for hydroxylation is 1. The third-order valence-electron chi connectivity index (χ3n) is 2.52. The monoisotopic (exact) mass is 263 g/mol. The summed E-state index contributed by atoms with van der Waals surface area (Å²) in [7, 11) is 0. The number of nitrogens with zero attached hydrogens (tertiary/aromatic N) is 4. The molecule has 5 nitrogen and oxygen atoms in total. The second kappa shape index (κ2) is 6.42. The van der Waals surface area contributed by atoms with Crippen LogP contribution in [-0.2, 0) is 6.54 Å². The highest BCUT2D eigenvalue weighted by Gasteiger charge is 2.11. The van der Waals surface area contributed by atoms with Crippen molar-refractivity contribution in [1.29, 1.82) is 0 Å². The minimum atomic E-state index is 0.682. The molecule has 96 valence electrons. The van der Waals surface area contributed by atoms with Crippen LogP contribution in [0.2, 0.25) is 0 Å². The van der Waals surface area contributed by atoms with Crippen LogP contribution >= 0.6 is 11.5 Å². The van der Waals surface area contributed by atoms with E-state index in [1.807, 2.05) is 19.2 Å². The first-order valence-electron chi connectivity index (χ1n) is 5.94. The Bertz CT molecular complexity index is 470. The molecule has 0 unspecified atom stereocenters. The number of rotatable bonds is 6. The molecule has 2 aromatic heterocycles. The summed E-state index contributed by atoms with van der Waals surface area (Å²) in [5, 5.41) is 0.949. The molecule has 0 aliphatic rings. The zero-order valence-electron chi connectivity index (χ0n) is 10.4. The van der Waals surface area contributed by atoms with E-state index in [1.54, 1.807) is 6.20 Å². The molecule has 0 fully saturated rings. The highest BCUT2D eigenvalue weighted by molar-refractivity contribution is 7.09. The van der Waals surface area contributed by atoms with Crippen molar-refractivity contribution in [3.63, 3.8) is 0 Å². The summed E-state index contributed by atoms with van der Waals surface area (Å²) in [6.45, 7) is 4.27. The Kier molecular flexibility index (Phi) is 4.60. The lowest BCUT2D eigenvalue weighted by Crippen LogP contribution is -2.25. The van der Waals surface area contributed by atoms with Gasteiger partial charge in [0.1, 0.15) is 5.82 Å². The maximum atomic E-state index is 5.58. The lowest BCUT2D eigenvalue weighted by molar-refractivity contribution is 0.731. The minimum Gasteiger partial charge on any atom is -0.342 e. The molecule has 0 amide bonds. The molecule has 0 aliphatic carbocycles. The summed E-state index contributed by atoms with van der Waals surface area (Å²) >= 11 is 1.43. The maximum Gasteiger partial charge on any atom is 0.205 e. The van der Waals surface area contributed by atoms with Gasteiger partial charge in [0.15, 0.2) is 0 Å². The van der Waals surface area contributed by atoms with Gasteiger partial charge in [0.05, 0.1) is 0 Å². The van der Waals surface area contributed by atoms with Gasteiger partial charge in [0.25, 0.3) is 0 Å². The second-order valence-corrected chi connectivity index (χ2v) is 4.78. The first kappa shape index (κ1) is 12.9. The highest BCUT2D eigenvalue weighted by Crippen LogP contribution is 2.19. The lowest BCUT2D eigenvalue weighted by Gasteiger charge is -2.20. The van der Waals surface area contributed by atoms with Gasteiger partial charge in [-0.3, -0.25) is 4.98 Å². The molecule has 0 bridgehead atoms. The summed E-state index contributed by atoms with van der Waals surface area (Å²) in [5.41, 5.74) is 6.75. The number of hydrogen-bond donors (Lipinski definition) is 1. The van der Waals surface area contributed by atoms with E-state index in [2.05, 4.69) is 25.3 Å². The SMILES string of the molecule is Cc1nsc(N(CCCN)Cc2cccnc2)n1. The summed E-state index contributed by atoms with van der Waals surface area (Å²) in [5.74, 6) is 0.818. The third kappa shape index (κ3) is 3.48. The topological polar surface area (TPSA) is 67.9 Å². The molecule has 2 N–H and O–H groups in total. The Morgan fingerprint density at radius 2 is 2.33 bits per heavy atom. The van der Waals surface area contributed by atoms with Crippen LogP contribution in [-0.4, -0.2) is 27.4 Å². The number of nitrogens with two attached hydrogens (primary N) is 1. The van der Waals surface area contributed by atoms with E-state index in [1.165, 1.54) is 17.1 Å². The normalized spacial score (nSPS) is 10.6. The van der Waals surface area contributed by atoms with E-state index < -0.39 is 0 Å². The Morgan fingerprint density at radius 1 is 1.44 bits per heavy atom. The summed E-state index contributed by atoms with van der Waals surface area (Å²) in [6, 6.07) is 4.01. The van der Waals surface area contributed by atoms with Gasteiger partial charge in [-0.15, -0.1) is 0 Å². The zero-order valence-corrected chi connectivity index (χ0v) is 11.2. The van der Waals surface area contributed by atoms with Crippen molar-refractivity contribution in [1.82, 2.24) is 14.3 Å². The van der Waals surface area contributed by atoms with Gasteiger partial charge in [-0.2, -0.15) is 4.37 Å². The van der Waals surface area contributed by atoms with E-state index in [0.29, 0.717) is 6.54 Å². The third-order valence-corrected chi connectivity index (χ3v) is 3.38. The Morgan fingerprint density at radius 3 is 2.94 bits per heavy atom. The molecule has 0 atom stereocenters. The number of hydrogen-bond acceptors (Lipinski definition) is 6. The van der Waals surface area contributed by atoms with E-state index in [4.69, 9.17) is 5.73 Å². The van der Waals surface area contributed by atoms with E-state index in [9.17, 15) is 0 Å². The maximum absolute atomic E-state index is 5.58. The first-order chi connectivity index (χ1) is 8.79. The molecule has 0 radical (unpaired) electrons. The van der Waals surface area contributed by atoms with Gasteiger partial charge < -0.3 is 10.6 Å². The van der Waals surface area contributed by atoms with Crippen LogP contribution in [0, 0.1) is 6.92 Å². The minimum absolute atomic E-state index is 0.682. The highest BCUT2D eigenvalue weighted by atomic mass is 32.1. The summed E-state index contributed by atoms with van der Waals surface area (Å²) in [6.07, 6.45) is 4.60. The van der Waals surface area contributed by atoms with E-state index in [-0.39, 0.29) is 0 Å². The van der Waals surface area contributed by atoms with Crippen LogP contribution in [0.4, 0.5) is 5.13 Å². The van der Waals surface area contributed by atoms with Crippen LogP contribution in [0.3, 0.4) is 0 Å². The largest absolute Gasteiger partial charge is 0.342 e. The van der Waals surface area contributed by atoms with Crippen LogP contribution in [0.15, 0.2) is 24.5 Å². The Labute approximate surface area is 111 Å². The molecule has 18 heavy (non-hydrogen) atoms. The number of aromatic nitrogens is 3. The van der Waals surface area contributed by atoms with Gasteiger partial charge in [0, 0.05) is 37.0 Å². The van der Waals surface area contributed by atoms with Crippen molar-refractivity contribution in [3.05, 3.63) is 35.9 Å². The van der Waals surface area contributed by atoms with Crippen LogP contribution < -0.4 is 10.6 Å². The predicted molar refractivity (Wildman–Crippen MR) is 73.6 cm³/mol. The molecule has 6 heteroatoms. The molecule has 2 aromatic rings. The van der Waals surface area contributed by atoms with Crippen molar-refractivity contribution in [2.24, 2.45) is 5.73 Å². The van der Waals surface area contributed by atoms with Crippen LogP contribution in [0.5, 0.6) is 0 Å². The standard InChI is InChI=1S/C12H17N5S/c1-10-15-12(18-16-10)17(7-3-5-13)9-11-4-2-6-14-8-11/h2,4,6,8H,3,5,7,9,13H2,1H3. The van der Waals surface area contributed by atoms with Crippen molar-refractivity contribution in [3.8, 4) is 0 Å². The average molecular weight is 263 g/mol. The molecule has 0 saturated heterocycles. The van der Waals surface area contributed by atoms with Crippen molar-refractivity contribution < 1.29 is 0 Å². The predicted octanol–water partition coefficient (Wildman–Crippen LogP) is 1.60. The molecule has 2 heterocycles. The first-order valence-corrected chi connectivity index (χ1v) is 6.71. The second-order valence-electron chi connectivity index (χ2n) is 4.05. The number of anilines is 1. The molecule has 0 spiro atoms. The van der Waals surface area contributed by atoms with Crippen molar-refractivity contribution in [2.75, 3.05) is 18.0 Å². The van der Waals surface area contributed by atoms with E-state index in [0.717, 1.165) is 30.5 Å². The van der Waals surface area contributed by atoms with Crippen LogP contribution in [0.25, 0.3) is 0 Å². The Hall–Kier alpha value is -1.53. The molecule has 0 saturated carbocycles. The summed E-state index contributed by atoms with van der Waals surface area (Å²) in [4.78, 5) is 10.8. The lowest BCUT2D eigenvalue weighted by atomic mass is 10.2. The molecule has 0 aromatic carbocycles. The zero-order chi connectivity index (χ0) is 12.8. The fourth-order valence-corrected chi connectivity index (χ4v) is 2.35. The quantitative estimate of drug-likeness (QED) is 0.857. The van der Waals surface area contributed by atoms with Gasteiger partial charge in [-0.05, 0) is 31.5 Å². The Balaban J connectivity index is 2.10. The smallest absolute Gasteiger partial charge is 0.205 e. The van der Waals surface area contributed by atoms with Crippen molar-refractivity contribution >= 4 is 16.7 Å². The molecule has 2 rings (SSSR count). The van der Waals surface area contributed by atoms with Gasteiger partial charge in [0.2, 0.25) is 5.13 Å². The van der Waals surface area contributed by atoms with Crippen LogP contribution in [0.1, 0.15) is 17.8 Å². The molecular formula is C12H17N5S. The fraction of sp³-hybridized carbons (Fsp3) is 0.417. The summed E-state index contributed by atoms with van der Waals surface area (Å²) < 4.78 is 4.23. The molecule has 0 aliphatic heterocycles. The number of pyridine rings is 1. The van der Waals surface area contributed by atoms with Crippen molar-refractivity contribution in [2.45, 2.75) is 19.9 Å². The van der Waals surface area contributed by atoms with Gasteiger partial charge in [-0.1, -0.05) is 6.07 Å². The van der Waals surface area contributed by atoms with Gasteiger partial charge >= 0.3 is 0 Å².